The van der Waals surface area contributed by atoms with Crippen molar-refractivity contribution < 1.29 is 14.4 Å². The third kappa shape index (κ3) is 5.79. The van der Waals surface area contributed by atoms with Crippen LogP contribution < -0.4 is 16.0 Å². The molecule has 6 nitrogen and oxygen atoms in total. The lowest BCUT2D eigenvalue weighted by Crippen LogP contribution is -2.18. The van der Waals surface area contributed by atoms with E-state index in [1.807, 2.05) is 32.9 Å². The molecule has 3 amide bonds. The molecule has 0 spiro atoms. The SMILES string of the molecule is Cc1ccc(NC(=O)C(C)C)cc1NC(=O)c1ccc(NC(=O)c2ccccc2)cc1. The lowest BCUT2D eigenvalue weighted by Gasteiger charge is -2.13. The van der Waals surface area contributed by atoms with Gasteiger partial charge in [0.05, 0.1) is 0 Å². The maximum Gasteiger partial charge on any atom is 0.255 e. The number of carbonyl (C=O) groups is 3. The molecule has 31 heavy (non-hydrogen) atoms. The molecule has 0 aliphatic heterocycles. The van der Waals surface area contributed by atoms with E-state index in [0.717, 1.165) is 5.56 Å². The number of aryl methyl sites for hydroxylation is 1. The Labute approximate surface area is 181 Å². The van der Waals surface area contributed by atoms with Crippen LogP contribution in [0.5, 0.6) is 0 Å². The molecular formula is C25H25N3O3. The minimum absolute atomic E-state index is 0.0886. The van der Waals surface area contributed by atoms with Gasteiger partial charge in [-0.05, 0) is 61.0 Å². The number of carbonyl (C=O) groups excluding carboxylic acids is 3. The summed E-state index contributed by atoms with van der Waals surface area (Å²) in [7, 11) is 0. The van der Waals surface area contributed by atoms with Gasteiger partial charge in [0.25, 0.3) is 11.8 Å². The molecule has 0 aliphatic carbocycles. The van der Waals surface area contributed by atoms with Gasteiger partial charge in [0.1, 0.15) is 0 Å². The van der Waals surface area contributed by atoms with Crippen molar-refractivity contribution in [1.82, 2.24) is 0 Å². The number of anilines is 3. The second-order valence-electron chi connectivity index (χ2n) is 7.53. The molecule has 0 saturated heterocycles. The van der Waals surface area contributed by atoms with Gasteiger partial charge in [-0.15, -0.1) is 0 Å². The zero-order chi connectivity index (χ0) is 22.4. The summed E-state index contributed by atoms with van der Waals surface area (Å²) >= 11 is 0. The van der Waals surface area contributed by atoms with E-state index in [0.29, 0.717) is 28.2 Å². The van der Waals surface area contributed by atoms with Crippen LogP contribution in [0.1, 0.15) is 40.1 Å². The molecule has 0 heterocycles. The fourth-order valence-corrected chi connectivity index (χ4v) is 2.81. The Morgan fingerprint density at radius 3 is 1.90 bits per heavy atom. The van der Waals surface area contributed by atoms with Crippen LogP contribution in [0.15, 0.2) is 72.8 Å². The highest BCUT2D eigenvalue weighted by molar-refractivity contribution is 6.06. The molecule has 3 aromatic carbocycles. The van der Waals surface area contributed by atoms with Crippen LogP contribution in [0.25, 0.3) is 0 Å². The number of amides is 3. The zero-order valence-electron chi connectivity index (χ0n) is 17.7. The van der Waals surface area contributed by atoms with E-state index in [1.54, 1.807) is 60.7 Å². The van der Waals surface area contributed by atoms with E-state index in [9.17, 15) is 14.4 Å². The number of benzene rings is 3. The van der Waals surface area contributed by atoms with Crippen LogP contribution in [0, 0.1) is 12.8 Å². The lowest BCUT2D eigenvalue weighted by molar-refractivity contribution is -0.118. The van der Waals surface area contributed by atoms with Gasteiger partial charge < -0.3 is 16.0 Å². The summed E-state index contributed by atoms with van der Waals surface area (Å²) in [6.07, 6.45) is 0. The molecule has 0 bridgehead atoms. The van der Waals surface area contributed by atoms with Crippen molar-refractivity contribution in [2.24, 2.45) is 5.92 Å². The monoisotopic (exact) mass is 415 g/mol. The number of hydrogen-bond donors (Lipinski definition) is 3. The van der Waals surface area contributed by atoms with Crippen LogP contribution in [-0.2, 0) is 4.79 Å². The van der Waals surface area contributed by atoms with Gasteiger partial charge >= 0.3 is 0 Å². The van der Waals surface area contributed by atoms with Gasteiger partial charge in [-0.1, -0.05) is 38.1 Å². The summed E-state index contributed by atoms with van der Waals surface area (Å²) in [6.45, 7) is 5.52. The van der Waals surface area contributed by atoms with Crippen LogP contribution in [0.2, 0.25) is 0 Å². The van der Waals surface area contributed by atoms with Gasteiger partial charge in [-0.2, -0.15) is 0 Å². The Morgan fingerprint density at radius 2 is 1.26 bits per heavy atom. The summed E-state index contributed by atoms with van der Waals surface area (Å²) in [6, 6.07) is 21.0. The fraction of sp³-hybridized carbons (Fsp3) is 0.160. The Bertz CT molecular complexity index is 1090. The molecule has 3 N–H and O–H groups in total. The van der Waals surface area contributed by atoms with Crippen molar-refractivity contribution in [1.29, 1.82) is 0 Å². The minimum atomic E-state index is -0.281. The number of nitrogens with one attached hydrogen (secondary N) is 3. The largest absolute Gasteiger partial charge is 0.326 e. The molecule has 0 aromatic heterocycles. The highest BCUT2D eigenvalue weighted by Crippen LogP contribution is 2.22. The summed E-state index contributed by atoms with van der Waals surface area (Å²) in [5.74, 6) is -0.723. The summed E-state index contributed by atoms with van der Waals surface area (Å²) in [4.78, 5) is 36.8. The Kier molecular flexibility index (Phi) is 6.82. The molecule has 0 fully saturated rings. The van der Waals surface area contributed by atoms with E-state index in [2.05, 4.69) is 16.0 Å². The average molecular weight is 415 g/mol. The zero-order valence-corrected chi connectivity index (χ0v) is 17.7. The van der Waals surface area contributed by atoms with Crippen molar-refractivity contribution in [2.75, 3.05) is 16.0 Å². The summed E-state index contributed by atoms with van der Waals surface area (Å²) in [5, 5.41) is 8.52. The maximum absolute atomic E-state index is 12.7. The predicted molar refractivity (Wildman–Crippen MR) is 123 cm³/mol. The highest BCUT2D eigenvalue weighted by atomic mass is 16.2. The van der Waals surface area contributed by atoms with Crippen LogP contribution >= 0.6 is 0 Å². The van der Waals surface area contributed by atoms with Crippen LogP contribution in [-0.4, -0.2) is 17.7 Å². The van der Waals surface area contributed by atoms with Crippen molar-refractivity contribution >= 4 is 34.8 Å². The summed E-state index contributed by atoms with van der Waals surface area (Å²) in [5.41, 5.74) is 3.73. The van der Waals surface area contributed by atoms with Gasteiger partial charge in [-0.3, -0.25) is 14.4 Å². The van der Waals surface area contributed by atoms with Gasteiger partial charge in [0.2, 0.25) is 5.91 Å². The first-order valence-electron chi connectivity index (χ1n) is 10.0. The predicted octanol–water partition coefficient (Wildman–Crippen LogP) is 5.09. The van der Waals surface area contributed by atoms with E-state index in [-0.39, 0.29) is 23.6 Å². The number of rotatable bonds is 6. The third-order valence-electron chi connectivity index (χ3n) is 4.72. The highest BCUT2D eigenvalue weighted by Gasteiger charge is 2.12. The molecular weight excluding hydrogens is 390 g/mol. The Hall–Kier alpha value is -3.93. The fourth-order valence-electron chi connectivity index (χ4n) is 2.81. The van der Waals surface area contributed by atoms with E-state index < -0.39 is 0 Å². The molecule has 0 atom stereocenters. The third-order valence-corrected chi connectivity index (χ3v) is 4.72. The molecule has 6 heteroatoms. The number of hydrogen-bond acceptors (Lipinski definition) is 3. The second-order valence-corrected chi connectivity index (χ2v) is 7.53. The van der Waals surface area contributed by atoms with Crippen molar-refractivity contribution in [3.8, 4) is 0 Å². The standard InChI is InChI=1S/C25H25N3O3/c1-16(2)23(29)27-21-12-9-17(3)22(15-21)28-25(31)19-10-13-20(14-11-19)26-24(30)18-7-5-4-6-8-18/h4-16H,1-3H3,(H,26,30)(H,27,29)(H,28,31). The van der Waals surface area contributed by atoms with Gasteiger partial charge in [0.15, 0.2) is 0 Å². The molecule has 0 unspecified atom stereocenters. The van der Waals surface area contributed by atoms with E-state index in [4.69, 9.17) is 0 Å². The molecule has 158 valence electrons. The summed E-state index contributed by atoms with van der Waals surface area (Å²) < 4.78 is 0. The molecule has 3 aromatic rings. The van der Waals surface area contributed by atoms with Gasteiger partial charge in [0, 0.05) is 34.1 Å². The van der Waals surface area contributed by atoms with Crippen molar-refractivity contribution in [3.63, 3.8) is 0 Å². The second kappa shape index (κ2) is 9.71. The Morgan fingerprint density at radius 1 is 0.677 bits per heavy atom. The first kappa shape index (κ1) is 21.8. The normalized spacial score (nSPS) is 10.5. The lowest BCUT2D eigenvalue weighted by atomic mass is 10.1. The molecule has 0 radical (unpaired) electrons. The van der Waals surface area contributed by atoms with Crippen LogP contribution in [0.3, 0.4) is 0 Å². The first-order valence-corrected chi connectivity index (χ1v) is 10.0. The van der Waals surface area contributed by atoms with E-state index >= 15 is 0 Å². The minimum Gasteiger partial charge on any atom is -0.326 e. The topological polar surface area (TPSA) is 87.3 Å². The molecule has 0 saturated carbocycles. The maximum atomic E-state index is 12.7. The quantitative estimate of drug-likeness (QED) is 0.524. The molecule has 3 rings (SSSR count). The van der Waals surface area contributed by atoms with Crippen molar-refractivity contribution in [3.05, 3.63) is 89.5 Å². The van der Waals surface area contributed by atoms with Crippen molar-refractivity contribution in [2.45, 2.75) is 20.8 Å². The van der Waals surface area contributed by atoms with Gasteiger partial charge in [-0.25, -0.2) is 0 Å². The Balaban J connectivity index is 1.67. The average Bonchev–Trinajstić information content (AvgIpc) is 2.77. The smallest absolute Gasteiger partial charge is 0.255 e. The molecule has 0 aliphatic rings. The first-order chi connectivity index (χ1) is 14.8. The van der Waals surface area contributed by atoms with Crippen LogP contribution in [0.4, 0.5) is 17.1 Å². The van der Waals surface area contributed by atoms with E-state index in [1.165, 1.54) is 0 Å².